The summed E-state index contributed by atoms with van der Waals surface area (Å²) in [5, 5.41) is 0. The molecule has 0 radical (unpaired) electrons. The monoisotopic (exact) mass is 394 g/mol. The summed E-state index contributed by atoms with van der Waals surface area (Å²) in [6.45, 7) is 6.60. The van der Waals surface area contributed by atoms with E-state index in [2.05, 4.69) is 20.8 Å². The van der Waals surface area contributed by atoms with Crippen molar-refractivity contribution in [3.63, 3.8) is 0 Å². The lowest BCUT2D eigenvalue weighted by molar-refractivity contribution is -0.139. The van der Waals surface area contributed by atoms with Crippen LogP contribution in [0.1, 0.15) is 149 Å². The molecule has 0 rings (SSSR count). The minimum absolute atomic E-state index is 0.00775. The Morgan fingerprint density at radius 3 is 1.39 bits per heavy atom. The maximum absolute atomic E-state index is 12.5. The molecule has 0 aromatic rings. The highest BCUT2D eigenvalue weighted by molar-refractivity contribution is 6.37. The first kappa shape index (κ1) is 27.3. The quantitative estimate of drug-likeness (QED) is 0.136. The van der Waals surface area contributed by atoms with Crippen molar-refractivity contribution >= 4 is 11.6 Å². The molecule has 0 aliphatic carbocycles. The lowest BCUT2D eigenvalue weighted by Crippen LogP contribution is -2.23. The SMILES string of the molecule is CCCCCCCCCCCCC(CCC)C(=O)C(=O)CCCCCCCC. The van der Waals surface area contributed by atoms with E-state index in [0.717, 1.165) is 38.5 Å². The fourth-order valence-corrected chi connectivity index (χ4v) is 4.05. The van der Waals surface area contributed by atoms with Crippen LogP contribution in [0.2, 0.25) is 0 Å². The number of carbonyl (C=O) groups excluding carboxylic acids is 2. The summed E-state index contributed by atoms with van der Waals surface area (Å²) < 4.78 is 0. The first-order chi connectivity index (χ1) is 13.7. The van der Waals surface area contributed by atoms with Crippen LogP contribution in [-0.2, 0) is 9.59 Å². The van der Waals surface area contributed by atoms with E-state index in [1.54, 1.807) is 0 Å². The zero-order chi connectivity index (χ0) is 20.9. The third-order valence-electron chi connectivity index (χ3n) is 5.95. The van der Waals surface area contributed by atoms with E-state index in [-0.39, 0.29) is 17.5 Å². The minimum atomic E-state index is -0.0963. The molecule has 2 heteroatoms. The summed E-state index contributed by atoms with van der Waals surface area (Å²) in [7, 11) is 0. The van der Waals surface area contributed by atoms with E-state index >= 15 is 0 Å². The van der Waals surface area contributed by atoms with Crippen molar-refractivity contribution in [3.05, 3.63) is 0 Å². The molecule has 0 aromatic heterocycles. The second-order valence-corrected chi connectivity index (χ2v) is 8.76. The van der Waals surface area contributed by atoms with Gasteiger partial charge in [0.2, 0.25) is 5.78 Å². The molecule has 28 heavy (non-hydrogen) atoms. The van der Waals surface area contributed by atoms with Gasteiger partial charge in [-0.15, -0.1) is 0 Å². The molecule has 0 spiro atoms. The number of rotatable bonds is 22. The molecule has 2 nitrogen and oxygen atoms in total. The Balaban J connectivity index is 3.84. The van der Waals surface area contributed by atoms with Gasteiger partial charge >= 0.3 is 0 Å². The molecule has 0 N–H and O–H groups in total. The minimum Gasteiger partial charge on any atom is -0.291 e. The Morgan fingerprint density at radius 1 is 0.500 bits per heavy atom. The van der Waals surface area contributed by atoms with Crippen molar-refractivity contribution in [3.8, 4) is 0 Å². The van der Waals surface area contributed by atoms with Crippen LogP contribution in [0.3, 0.4) is 0 Å². The lowest BCUT2D eigenvalue weighted by Gasteiger charge is -2.14. The first-order valence-corrected chi connectivity index (χ1v) is 12.7. The van der Waals surface area contributed by atoms with Crippen molar-refractivity contribution in [2.24, 2.45) is 5.92 Å². The van der Waals surface area contributed by atoms with Gasteiger partial charge < -0.3 is 0 Å². The van der Waals surface area contributed by atoms with Crippen LogP contribution >= 0.6 is 0 Å². The highest BCUT2D eigenvalue weighted by atomic mass is 16.2. The highest BCUT2D eigenvalue weighted by Crippen LogP contribution is 2.20. The van der Waals surface area contributed by atoms with Crippen LogP contribution in [0.5, 0.6) is 0 Å². The van der Waals surface area contributed by atoms with E-state index in [1.165, 1.54) is 83.5 Å². The topological polar surface area (TPSA) is 34.1 Å². The number of hydrogen-bond acceptors (Lipinski definition) is 2. The predicted molar refractivity (Wildman–Crippen MR) is 123 cm³/mol. The summed E-state index contributed by atoms with van der Waals surface area (Å²) in [5.74, 6) is -0.168. The normalized spacial score (nSPS) is 12.2. The van der Waals surface area contributed by atoms with Crippen LogP contribution in [0.15, 0.2) is 0 Å². The first-order valence-electron chi connectivity index (χ1n) is 12.7. The summed E-state index contributed by atoms with van der Waals surface area (Å²) in [4.78, 5) is 24.8. The predicted octanol–water partition coefficient (Wildman–Crippen LogP) is 8.60. The lowest BCUT2D eigenvalue weighted by atomic mass is 9.89. The molecule has 0 aliphatic heterocycles. The summed E-state index contributed by atoms with van der Waals surface area (Å²) in [5.41, 5.74) is 0. The Kier molecular flexibility index (Phi) is 20.6. The molecule has 0 heterocycles. The highest BCUT2D eigenvalue weighted by Gasteiger charge is 2.23. The molecule has 0 bridgehead atoms. The van der Waals surface area contributed by atoms with Crippen molar-refractivity contribution in [2.75, 3.05) is 0 Å². The van der Waals surface area contributed by atoms with E-state index in [9.17, 15) is 9.59 Å². The Bertz CT molecular complexity index is 361. The number of Topliss-reactive ketones (excluding diaryl/α,β-unsaturated/α-hetero) is 2. The van der Waals surface area contributed by atoms with Crippen LogP contribution in [0.4, 0.5) is 0 Å². The Hall–Kier alpha value is -0.660. The molecule has 0 amide bonds. The molecule has 1 unspecified atom stereocenters. The van der Waals surface area contributed by atoms with Gasteiger partial charge in [-0.05, 0) is 19.3 Å². The van der Waals surface area contributed by atoms with Crippen molar-refractivity contribution in [1.82, 2.24) is 0 Å². The van der Waals surface area contributed by atoms with E-state index in [0.29, 0.717) is 6.42 Å². The zero-order valence-corrected chi connectivity index (χ0v) is 19.5. The van der Waals surface area contributed by atoms with Gasteiger partial charge in [0.25, 0.3) is 0 Å². The maximum atomic E-state index is 12.5. The third kappa shape index (κ3) is 16.3. The molecule has 0 fully saturated rings. The second-order valence-electron chi connectivity index (χ2n) is 8.76. The average Bonchev–Trinajstić information content (AvgIpc) is 2.70. The number of carbonyl (C=O) groups is 2. The van der Waals surface area contributed by atoms with Gasteiger partial charge in [0.15, 0.2) is 5.78 Å². The molecule has 1 atom stereocenters. The van der Waals surface area contributed by atoms with E-state index in [4.69, 9.17) is 0 Å². The third-order valence-corrected chi connectivity index (χ3v) is 5.95. The fraction of sp³-hybridized carbons (Fsp3) is 0.923. The summed E-state index contributed by atoms with van der Waals surface area (Å²) >= 11 is 0. The fourth-order valence-electron chi connectivity index (χ4n) is 4.05. The van der Waals surface area contributed by atoms with E-state index < -0.39 is 0 Å². The molecule has 0 saturated carbocycles. The Labute approximate surface area is 176 Å². The largest absolute Gasteiger partial charge is 0.291 e. The molecular weight excluding hydrogens is 344 g/mol. The number of unbranched alkanes of at least 4 members (excludes halogenated alkanes) is 14. The van der Waals surface area contributed by atoms with Gasteiger partial charge in [0.1, 0.15) is 0 Å². The van der Waals surface area contributed by atoms with Crippen molar-refractivity contribution < 1.29 is 9.59 Å². The van der Waals surface area contributed by atoms with Gasteiger partial charge in [0, 0.05) is 12.3 Å². The van der Waals surface area contributed by atoms with Crippen molar-refractivity contribution in [2.45, 2.75) is 149 Å². The molecule has 166 valence electrons. The average molecular weight is 395 g/mol. The second kappa shape index (κ2) is 21.1. The summed E-state index contributed by atoms with van der Waals surface area (Å²) in [6.07, 6.45) is 23.4. The zero-order valence-electron chi connectivity index (χ0n) is 19.5. The summed E-state index contributed by atoms with van der Waals surface area (Å²) in [6, 6.07) is 0. The maximum Gasteiger partial charge on any atom is 0.201 e. The van der Waals surface area contributed by atoms with Gasteiger partial charge in [-0.3, -0.25) is 9.59 Å². The number of hydrogen-bond donors (Lipinski definition) is 0. The van der Waals surface area contributed by atoms with Crippen LogP contribution in [0, 0.1) is 5.92 Å². The van der Waals surface area contributed by atoms with Gasteiger partial charge in [-0.25, -0.2) is 0 Å². The number of ketones is 2. The van der Waals surface area contributed by atoms with Gasteiger partial charge in [-0.1, -0.05) is 124 Å². The standard InChI is InChI=1S/C26H50O2/c1-4-7-9-11-13-14-15-16-17-19-22-24(21-6-3)26(28)25(27)23-20-18-12-10-8-5-2/h24H,4-23H2,1-3H3. The molecule has 0 saturated heterocycles. The van der Waals surface area contributed by atoms with E-state index in [1.807, 2.05) is 0 Å². The molecule has 0 aromatic carbocycles. The van der Waals surface area contributed by atoms with Crippen LogP contribution in [-0.4, -0.2) is 11.6 Å². The Morgan fingerprint density at radius 2 is 0.929 bits per heavy atom. The van der Waals surface area contributed by atoms with Gasteiger partial charge in [0.05, 0.1) is 0 Å². The van der Waals surface area contributed by atoms with Crippen LogP contribution in [0.25, 0.3) is 0 Å². The van der Waals surface area contributed by atoms with Crippen molar-refractivity contribution in [1.29, 1.82) is 0 Å². The smallest absolute Gasteiger partial charge is 0.201 e. The molecule has 0 aliphatic rings. The van der Waals surface area contributed by atoms with Crippen LogP contribution < -0.4 is 0 Å². The molecular formula is C26H50O2. The van der Waals surface area contributed by atoms with Gasteiger partial charge in [-0.2, -0.15) is 0 Å².